The molecule has 17 heavy (non-hydrogen) atoms. The Morgan fingerprint density at radius 2 is 2.18 bits per heavy atom. The molecule has 1 aromatic rings. The van der Waals surface area contributed by atoms with Gasteiger partial charge in [0.25, 0.3) is 5.91 Å². The third kappa shape index (κ3) is 3.89. The molecular weight excluding hydrogens is 216 g/mol. The third-order valence-corrected chi connectivity index (χ3v) is 2.84. The Labute approximate surface area is 103 Å². The van der Waals surface area contributed by atoms with Gasteiger partial charge in [0, 0.05) is 20.0 Å². The average molecular weight is 238 g/mol. The first-order valence-corrected chi connectivity index (χ1v) is 6.22. The second kappa shape index (κ2) is 7.12. The maximum atomic E-state index is 12.1. The van der Waals surface area contributed by atoms with Crippen LogP contribution in [-0.2, 0) is 6.42 Å². The van der Waals surface area contributed by atoms with E-state index in [0.29, 0.717) is 5.56 Å². The molecule has 0 radical (unpaired) electrons. The maximum absolute atomic E-state index is 12.1. The third-order valence-electron chi connectivity index (χ3n) is 2.84. The van der Waals surface area contributed by atoms with Crippen LogP contribution in [0.2, 0.25) is 0 Å². The van der Waals surface area contributed by atoms with Gasteiger partial charge in [-0.25, -0.2) is 0 Å². The lowest BCUT2D eigenvalue weighted by molar-refractivity contribution is 0.0790. The number of amides is 1. The van der Waals surface area contributed by atoms with Gasteiger partial charge < -0.3 is 15.1 Å². The standard InChI is InChI=1S/C13H22N2O2/c1-3-12-11(7-10-17-12)13(16)15(2)9-6-4-5-8-14/h7,10H,3-6,8-9,14H2,1-2H3. The van der Waals surface area contributed by atoms with Crippen molar-refractivity contribution < 1.29 is 9.21 Å². The zero-order valence-corrected chi connectivity index (χ0v) is 10.7. The van der Waals surface area contributed by atoms with Crippen LogP contribution in [0.25, 0.3) is 0 Å². The van der Waals surface area contributed by atoms with Crippen molar-refractivity contribution in [1.82, 2.24) is 4.90 Å². The van der Waals surface area contributed by atoms with Gasteiger partial charge in [-0.15, -0.1) is 0 Å². The molecule has 1 rings (SSSR count). The molecule has 2 N–H and O–H groups in total. The molecule has 4 heteroatoms. The monoisotopic (exact) mass is 238 g/mol. The smallest absolute Gasteiger partial charge is 0.257 e. The summed E-state index contributed by atoms with van der Waals surface area (Å²) in [7, 11) is 1.83. The number of rotatable bonds is 7. The Hall–Kier alpha value is -1.29. The Morgan fingerprint density at radius 3 is 2.82 bits per heavy atom. The molecule has 1 amide bonds. The van der Waals surface area contributed by atoms with Crippen LogP contribution in [0, 0.1) is 0 Å². The van der Waals surface area contributed by atoms with Gasteiger partial charge in [-0.3, -0.25) is 4.79 Å². The molecule has 0 fully saturated rings. The van der Waals surface area contributed by atoms with Gasteiger partial charge in [-0.05, 0) is 25.5 Å². The molecule has 0 aliphatic heterocycles. The molecule has 0 saturated carbocycles. The van der Waals surface area contributed by atoms with Crippen molar-refractivity contribution in [3.63, 3.8) is 0 Å². The molecule has 96 valence electrons. The van der Waals surface area contributed by atoms with Gasteiger partial charge in [0.1, 0.15) is 5.76 Å². The molecule has 0 bridgehead atoms. The van der Waals surface area contributed by atoms with Crippen LogP contribution < -0.4 is 5.73 Å². The molecule has 1 aromatic heterocycles. The molecule has 0 saturated heterocycles. The number of aryl methyl sites for hydroxylation is 1. The lowest BCUT2D eigenvalue weighted by Gasteiger charge is -2.16. The number of hydrogen-bond acceptors (Lipinski definition) is 3. The predicted octanol–water partition coefficient (Wildman–Crippen LogP) is 2.04. The van der Waals surface area contributed by atoms with Gasteiger partial charge in [-0.2, -0.15) is 0 Å². The average Bonchev–Trinajstić information content (AvgIpc) is 2.81. The number of nitrogens with zero attached hydrogens (tertiary/aromatic N) is 1. The summed E-state index contributed by atoms with van der Waals surface area (Å²) in [6, 6.07) is 1.75. The minimum Gasteiger partial charge on any atom is -0.469 e. The van der Waals surface area contributed by atoms with Crippen molar-refractivity contribution in [2.45, 2.75) is 32.6 Å². The largest absolute Gasteiger partial charge is 0.469 e. The van der Waals surface area contributed by atoms with E-state index < -0.39 is 0 Å². The lowest BCUT2D eigenvalue weighted by Crippen LogP contribution is -2.28. The number of nitrogens with two attached hydrogens (primary N) is 1. The fourth-order valence-electron chi connectivity index (χ4n) is 1.78. The van der Waals surface area contributed by atoms with Crippen LogP contribution in [0.5, 0.6) is 0 Å². The summed E-state index contributed by atoms with van der Waals surface area (Å²) in [4.78, 5) is 13.8. The van der Waals surface area contributed by atoms with Crippen LogP contribution in [-0.4, -0.2) is 30.9 Å². The highest BCUT2D eigenvalue weighted by Crippen LogP contribution is 2.13. The zero-order valence-electron chi connectivity index (χ0n) is 10.7. The van der Waals surface area contributed by atoms with E-state index in [2.05, 4.69) is 0 Å². The minimum atomic E-state index is 0.0448. The first-order chi connectivity index (χ1) is 8.20. The van der Waals surface area contributed by atoms with Crippen LogP contribution in [0.15, 0.2) is 16.7 Å². The first kappa shape index (κ1) is 13.8. The van der Waals surface area contributed by atoms with Gasteiger partial charge in [-0.1, -0.05) is 13.3 Å². The zero-order chi connectivity index (χ0) is 12.7. The van der Waals surface area contributed by atoms with E-state index in [1.807, 2.05) is 14.0 Å². The van der Waals surface area contributed by atoms with E-state index in [0.717, 1.165) is 44.5 Å². The Kier molecular flexibility index (Phi) is 5.77. The van der Waals surface area contributed by atoms with Crippen molar-refractivity contribution in [2.24, 2.45) is 5.73 Å². The molecular formula is C13H22N2O2. The van der Waals surface area contributed by atoms with E-state index in [4.69, 9.17) is 10.2 Å². The van der Waals surface area contributed by atoms with E-state index in [1.165, 1.54) is 0 Å². The molecule has 0 aliphatic carbocycles. The second-order valence-corrected chi connectivity index (χ2v) is 4.19. The number of furan rings is 1. The van der Waals surface area contributed by atoms with Crippen molar-refractivity contribution in [1.29, 1.82) is 0 Å². The molecule has 0 aromatic carbocycles. The summed E-state index contributed by atoms with van der Waals surface area (Å²) >= 11 is 0. The van der Waals surface area contributed by atoms with Gasteiger partial charge in [0.05, 0.1) is 11.8 Å². The molecule has 0 spiro atoms. The normalized spacial score (nSPS) is 10.5. The second-order valence-electron chi connectivity index (χ2n) is 4.19. The summed E-state index contributed by atoms with van der Waals surface area (Å²) in [6.45, 7) is 3.48. The summed E-state index contributed by atoms with van der Waals surface area (Å²) in [5.74, 6) is 0.812. The highest BCUT2D eigenvalue weighted by Gasteiger charge is 2.16. The molecule has 0 unspecified atom stereocenters. The van der Waals surface area contributed by atoms with E-state index in [-0.39, 0.29) is 5.91 Å². The summed E-state index contributed by atoms with van der Waals surface area (Å²) in [5, 5.41) is 0. The topological polar surface area (TPSA) is 59.5 Å². The van der Waals surface area contributed by atoms with Crippen molar-refractivity contribution in [2.75, 3.05) is 20.1 Å². The van der Waals surface area contributed by atoms with E-state index >= 15 is 0 Å². The molecule has 0 atom stereocenters. The van der Waals surface area contributed by atoms with Gasteiger partial charge in [0.15, 0.2) is 0 Å². The van der Waals surface area contributed by atoms with E-state index in [1.54, 1.807) is 17.2 Å². The Bertz CT molecular complexity index is 347. The quantitative estimate of drug-likeness (QED) is 0.739. The van der Waals surface area contributed by atoms with Crippen molar-refractivity contribution in [3.05, 3.63) is 23.7 Å². The lowest BCUT2D eigenvalue weighted by atomic mass is 10.2. The summed E-state index contributed by atoms with van der Waals surface area (Å²) in [5.41, 5.74) is 6.12. The predicted molar refractivity (Wildman–Crippen MR) is 68.0 cm³/mol. The summed E-state index contributed by atoms with van der Waals surface area (Å²) < 4.78 is 5.26. The van der Waals surface area contributed by atoms with Crippen molar-refractivity contribution >= 4 is 5.91 Å². The fraction of sp³-hybridized carbons (Fsp3) is 0.615. The van der Waals surface area contributed by atoms with Crippen LogP contribution >= 0.6 is 0 Å². The SMILES string of the molecule is CCc1occc1C(=O)N(C)CCCCCN. The van der Waals surface area contributed by atoms with E-state index in [9.17, 15) is 4.79 Å². The summed E-state index contributed by atoms with van der Waals surface area (Å²) in [6.07, 6.45) is 5.41. The molecule has 0 aliphatic rings. The van der Waals surface area contributed by atoms with Gasteiger partial charge >= 0.3 is 0 Å². The minimum absolute atomic E-state index is 0.0448. The van der Waals surface area contributed by atoms with Gasteiger partial charge in [0.2, 0.25) is 0 Å². The Balaban J connectivity index is 2.46. The van der Waals surface area contributed by atoms with Crippen LogP contribution in [0.3, 0.4) is 0 Å². The number of carbonyl (C=O) groups is 1. The van der Waals surface area contributed by atoms with Crippen molar-refractivity contribution in [3.8, 4) is 0 Å². The van der Waals surface area contributed by atoms with Crippen LogP contribution in [0.1, 0.15) is 42.3 Å². The highest BCUT2D eigenvalue weighted by molar-refractivity contribution is 5.94. The molecule has 1 heterocycles. The number of carbonyl (C=O) groups excluding carboxylic acids is 1. The number of unbranched alkanes of at least 4 members (excludes halogenated alkanes) is 2. The molecule has 4 nitrogen and oxygen atoms in total. The maximum Gasteiger partial charge on any atom is 0.257 e. The fourth-order valence-corrected chi connectivity index (χ4v) is 1.78. The Morgan fingerprint density at radius 1 is 1.41 bits per heavy atom. The highest BCUT2D eigenvalue weighted by atomic mass is 16.3. The first-order valence-electron chi connectivity index (χ1n) is 6.22. The van der Waals surface area contributed by atoms with Crippen LogP contribution in [0.4, 0.5) is 0 Å². The number of hydrogen-bond donors (Lipinski definition) is 1.